The van der Waals surface area contributed by atoms with Gasteiger partial charge in [-0.1, -0.05) is 12.1 Å². The van der Waals surface area contributed by atoms with E-state index >= 15 is 0 Å². The Morgan fingerprint density at radius 1 is 1.30 bits per heavy atom. The van der Waals surface area contributed by atoms with Crippen LogP contribution < -0.4 is 15.8 Å². The number of hydrogen-bond acceptors (Lipinski definition) is 3. The number of carbonyl (C=O) groups is 1. The largest absolute Gasteiger partial charge is 0.435 e. The molecular formula is C14H20F2N2O2. The summed E-state index contributed by atoms with van der Waals surface area (Å²) in [5.74, 6) is -0.339. The highest BCUT2D eigenvalue weighted by molar-refractivity contribution is 5.79. The van der Waals surface area contributed by atoms with Crippen LogP contribution in [0, 0.1) is 5.92 Å². The fourth-order valence-electron chi connectivity index (χ4n) is 1.78. The number of amides is 1. The van der Waals surface area contributed by atoms with Gasteiger partial charge in [-0.25, -0.2) is 0 Å². The molecular weight excluding hydrogens is 266 g/mol. The minimum atomic E-state index is -2.84. The summed E-state index contributed by atoms with van der Waals surface area (Å²) in [5.41, 5.74) is 6.46. The fourth-order valence-corrected chi connectivity index (χ4v) is 1.78. The molecule has 6 heteroatoms. The van der Waals surface area contributed by atoms with Crippen LogP contribution in [0.25, 0.3) is 0 Å². The highest BCUT2D eigenvalue weighted by Crippen LogP contribution is 2.17. The maximum atomic E-state index is 12.0. The van der Waals surface area contributed by atoms with Crippen molar-refractivity contribution >= 4 is 5.91 Å². The molecule has 0 saturated heterocycles. The average molecular weight is 286 g/mol. The lowest BCUT2D eigenvalue weighted by Gasteiger charge is -2.17. The summed E-state index contributed by atoms with van der Waals surface area (Å²) in [5, 5.41) is 2.81. The zero-order chi connectivity index (χ0) is 15.1. The molecule has 1 aromatic carbocycles. The first-order chi connectivity index (χ1) is 9.42. The highest BCUT2D eigenvalue weighted by atomic mass is 19.3. The molecule has 0 saturated carbocycles. The summed E-state index contributed by atoms with van der Waals surface area (Å²) in [7, 11) is 0. The van der Waals surface area contributed by atoms with Gasteiger partial charge in [-0.2, -0.15) is 8.78 Å². The van der Waals surface area contributed by atoms with Crippen LogP contribution in [0.15, 0.2) is 24.3 Å². The van der Waals surface area contributed by atoms with E-state index in [0.717, 1.165) is 5.56 Å². The molecule has 0 aliphatic carbocycles. The Morgan fingerprint density at radius 3 is 2.35 bits per heavy atom. The number of rotatable bonds is 7. The van der Waals surface area contributed by atoms with E-state index in [-0.39, 0.29) is 30.2 Å². The van der Waals surface area contributed by atoms with Crippen molar-refractivity contribution in [2.75, 3.05) is 6.54 Å². The fraction of sp³-hybridized carbons (Fsp3) is 0.500. The molecule has 1 unspecified atom stereocenters. The van der Waals surface area contributed by atoms with Gasteiger partial charge in [-0.05, 0) is 38.0 Å². The van der Waals surface area contributed by atoms with Crippen molar-refractivity contribution in [3.63, 3.8) is 0 Å². The standard InChI is InChI=1S/C14H20F2N2O2/c1-9(2)18-13(19)11(8-17)7-10-3-5-12(6-4-10)20-14(15)16/h3-6,9,11,14H,7-8,17H2,1-2H3,(H,18,19). The lowest BCUT2D eigenvalue weighted by atomic mass is 9.98. The van der Waals surface area contributed by atoms with Gasteiger partial charge in [-0.15, -0.1) is 0 Å². The number of nitrogens with two attached hydrogens (primary N) is 1. The second-order valence-electron chi connectivity index (χ2n) is 4.82. The van der Waals surface area contributed by atoms with Crippen molar-refractivity contribution < 1.29 is 18.3 Å². The van der Waals surface area contributed by atoms with E-state index in [2.05, 4.69) is 10.1 Å². The summed E-state index contributed by atoms with van der Waals surface area (Å²) in [4.78, 5) is 11.9. The molecule has 20 heavy (non-hydrogen) atoms. The SMILES string of the molecule is CC(C)NC(=O)C(CN)Cc1ccc(OC(F)F)cc1. The first-order valence-corrected chi connectivity index (χ1v) is 6.46. The number of hydrogen-bond donors (Lipinski definition) is 2. The number of halogens is 2. The molecule has 0 fully saturated rings. The topological polar surface area (TPSA) is 64.4 Å². The van der Waals surface area contributed by atoms with Gasteiger partial charge < -0.3 is 15.8 Å². The Bertz CT molecular complexity index is 422. The van der Waals surface area contributed by atoms with Crippen LogP contribution in [0.1, 0.15) is 19.4 Å². The van der Waals surface area contributed by atoms with Gasteiger partial charge in [0, 0.05) is 12.6 Å². The van der Waals surface area contributed by atoms with Gasteiger partial charge >= 0.3 is 6.61 Å². The lowest BCUT2D eigenvalue weighted by molar-refractivity contribution is -0.125. The van der Waals surface area contributed by atoms with Gasteiger partial charge in [0.2, 0.25) is 5.91 Å². The Labute approximate surface area is 117 Å². The van der Waals surface area contributed by atoms with E-state index in [9.17, 15) is 13.6 Å². The summed E-state index contributed by atoms with van der Waals surface area (Å²) >= 11 is 0. The Kier molecular flexibility index (Phi) is 6.38. The minimum absolute atomic E-state index is 0.0540. The molecule has 0 heterocycles. The third kappa shape index (κ3) is 5.52. The van der Waals surface area contributed by atoms with E-state index in [0.29, 0.717) is 6.42 Å². The number of ether oxygens (including phenoxy) is 1. The van der Waals surface area contributed by atoms with Gasteiger partial charge in [0.25, 0.3) is 0 Å². The molecule has 1 rings (SSSR count). The molecule has 1 atom stereocenters. The molecule has 112 valence electrons. The van der Waals surface area contributed by atoms with Gasteiger partial charge in [0.15, 0.2) is 0 Å². The second kappa shape index (κ2) is 7.79. The van der Waals surface area contributed by atoms with Gasteiger partial charge in [0.1, 0.15) is 5.75 Å². The molecule has 0 aliphatic heterocycles. The van der Waals surface area contributed by atoms with Crippen molar-refractivity contribution in [3.05, 3.63) is 29.8 Å². The molecule has 1 aromatic rings. The Balaban J connectivity index is 2.63. The average Bonchev–Trinajstić information content (AvgIpc) is 2.36. The predicted molar refractivity (Wildman–Crippen MR) is 72.6 cm³/mol. The maximum absolute atomic E-state index is 12.0. The summed E-state index contributed by atoms with van der Waals surface area (Å²) < 4.78 is 28.3. The van der Waals surface area contributed by atoms with Crippen LogP contribution in [-0.2, 0) is 11.2 Å². The molecule has 0 radical (unpaired) electrons. The van der Waals surface area contributed by atoms with Crippen molar-refractivity contribution in [1.82, 2.24) is 5.32 Å². The van der Waals surface area contributed by atoms with Crippen molar-refractivity contribution in [1.29, 1.82) is 0 Å². The van der Waals surface area contributed by atoms with Gasteiger partial charge in [0.05, 0.1) is 5.92 Å². The molecule has 4 nitrogen and oxygen atoms in total. The number of alkyl halides is 2. The minimum Gasteiger partial charge on any atom is -0.435 e. The van der Waals surface area contributed by atoms with E-state index in [1.165, 1.54) is 12.1 Å². The molecule has 0 spiro atoms. The van der Waals surface area contributed by atoms with E-state index in [1.54, 1.807) is 12.1 Å². The molecule has 3 N–H and O–H groups in total. The lowest BCUT2D eigenvalue weighted by Crippen LogP contribution is -2.39. The highest BCUT2D eigenvalue weighted by Gasteiger charge is 2.18. The quantitative estimate of drug-likeness (QED) is 0.805. The second-order valence-corrected chi connectivity index (χ2v) is 4.82. The van der Waals surface area contributed by atoms with Crippen LogP contribution >= 0.6 is 0 Å². The number of carbonyl (C=O) groups excluding carboxylic acids is 1. The predicted octanol–water partition coefficient (Wildman–Crippen LogP) is 1.93. The Hall–Kier alpha value is -1.69. The summed E-state index contributed by atoms with van der Waals surface area (Å²) in [6.07, 6.45) is 0.462. The van der Waals surface area contributed by atoms with Crippen molar-refractivity contribution in [2.24, 2.45) is 11.7 Å². The zero-order valence-corrected chi connectivity index (χ0v) is 11.6. The number of nitrogens with one attached hydrogen (secondary N) is 1. The molecule has 0 bridgehead atoms. The molecule has 0 aromatic heterocycles. The number of benzene rings is 1. The van der Waals surface area contributed by atoms with Gasteiger partial charge in [-0.3, -0.25) is 4.79 Å². The van der Waals surface area contributed by atoms with E-state index in [4.69, 9.17) is 5.73 Å². The van der Waals surface area contributed by atoms with Crippen LogP contribution in [0.4, 0.5) is 8.78 Å². The first kappa shape index (κ1) is 16.4. The van der Waals surface area contributed by atoms with Crippen molar-refractivity contribution in [3.8, 4) is 5.75 Å². The first-order valence-electron chi connectivity index (χ1n) is 6.46. The van der Waals surface area contributed by atoms with Crippen LogP contribution in [0.5, 0.6) is 5.75 Å². The molecule has 1 amide bonds. The smallest absolute Gasteiger partial charge is 0.387 e. The maximum Gasteiger partial charge on any atom is 0.387 e. The normalized spacial score (nSPS) is 12.6. The summed E-state index contributed by atoms with van der Waals surface area (Å²) in [6.45, 7) is 1.15. The monoisotopic (exact) mass is 286 g/mol. The summed E-state index contributed by atoms with van der Waals surface area (Å²) in [6, 6.07) is 6.27. The molecule has 0 aliphatic rings. The van der Waals surface area contributed by atoms with E-state index in [1.807, 2.05) is 13.8 Å². The van der Waals surface area contributed by atoms with E-state index < -0.39 is 6.61 Å². The van der Waals surface area contributed by atoms with Crippen LogP contribution in [-0.4, -0.2) is 25.1 Å². The van der Waals surface area contributed by atoms with Crippen LogP contribution in [0.2, 0.25) is 0 Å². The zero-order valence-electron chi connectivity index (χ0n) is 11.6. The Morgan fingerprint density at radius 2 is 1.90 bits per heavy atom. The van der Waals surface area contributed by atoms with Crippen LogP contribution in [0.3, 0.4) is 0 Å². The third-order valence-electron chi connectivity index (χ3n) is 2.72. The van der Waals surface area contributed by atoms with Crippen molar-refractivity contribution in [2.45, 2.75) is 32.9 Å². The third-order valence-corrected chi connectivity index (χ3v) is 2.72.